The van der Waals surface area contributed by atoms with Gasteiger partial charge in [0.25, 0.3) is 10.0 Å². The van der Waals surface area contributed by atoms with Gasteiger partial charge >= 0.3 is 5.97 Å². The number of methoxy groups -OCH3 is 1. The second kappa shape index (κ2) is 9.15. The van der Waals surface area contributed by atoms with E-state index in [-0.39, 0.29) is 24.3 Å². The third kappa shape index (κ3) is 4.80. The average Bonchev–Trinajstić information content (AvgIpc) is 2.82. The molecule has 3 aromatic rings. The molecular weight excluding hydrogens is 442 g/mol. The summed E-state index contributed by atoms with van der Waals surface area (Å²) in [6.45, 7) is 1.87. The van der Waals surface area contributed by atoms with E-state index in [1.165, 1.54) is 4.31 Å². The molecule has 0 aliphatic carbocycles. The highest BCUT2D eigenvalue weighted by Crippen LogP contribution is 2.40. The molecule has 1 N–H and O–H groups in total. The predicted octanol–water partition coefficient (Wildman–Crippen LogP) is 4.49. The molecule has 4 rings (SSSR count). The van der Waals surface area contributed by atoms with Crippen LogP contribution in [0.3, 0.4) is 0 Å². The monoisotopic (exact) mass is 467 g/mol. The second-order valence-electron chi connectivity index (χ2n) is 7.94. The fraction of sp³-hybridized carbons (Fsp3) is 0.240. The lowest BCUT2D eigenvalue weighted by molar-refractivity contribution is -0.137. The lowest BCUT2D eigenvalue weighted by Gasteiger charge is -2.35. The smallest absolute Gasteiger partial charge is 0.303 e. The van der Waals surface area contributed by atoms with Crippen molar-refractivity contribution in [2.24, 2.45) is 0 Å². The third-order valence-corrected chi connectivity index (χ3v) is 7.35. The highest BCUT2D eigenvalue weighted by molar-refractivity contribution is 7.92. The summed E-state index contributed by atoms with van der Waals surface area (Å²) < 4.78 is 39.9. The largest absolute Gasteiger partial charge is 0.497 e. The van der Waals surface area contributed by atoms with Crippen molar-refractivity contribution >= 4 is 21.7 Å². The zero-order chi connectivity index (χ0) is 23.6. The number of aryl methyl sites for hydroxylation is 1. The Balaban J connectivity index is 1.78. The zero-order valence-corrected chi connectivity index (χ0v) is 19.2. The summed E-state index contributed by atoms with van der Waals surface area (Å²) >= 11 is 0. The maximum Gasteiger partial charge on any atom is 0.303 e. The summed E-state index contributed by atoms with van der Waals surface area (Å²) in [5.74, 6) is 0.183. The van der Waals surface area contributed by atoms with Gasteiger partial charge in [0.2, 0.25) is 0 Å². The zero-order valence-electron chi connectivity index (χ0n) is 18.4. The standard InChI is InChI=1S/C25H25NO6S/c1-17-4-3-5-22(14-17)33(29,30)26-16-21(11-13-25(27)28)32-24-12-8-19(15-23(24)26)18-6-9-20(31-2)10-7-18/h3-10,12,14-15,21H,11,13,16H2,1-2H3,(H,27,28)/t21-/m0/s1. The van der Waals surface area contributed by atoms with E-state index in [1.807, 2.05) is 43.3 Å². The Morgan fingerprint density at radius 1 is 1.09 bits per heavy atom. The first-order valence-corrected chi connectivity index (χ1v) is 12.0. The molecule has 0 fully saturated rings. The number of nitrogens with zero attached hydrogens (tertiary/aromatic N) is 1. The highest BCUT2D eigenvalue weighted by atomic mass is 32.2. The number of sulfonamides is 1. The van der Waals surface area contributed by atoms with E-state index in [9.17, 15) is 13.2 Å². The van der Waals surface area contributed by atoms with Gasteiger partial charge in [-0.25, -0.2) is 8.42 Å². The van der Waals surface area contributed by atoms with Crippen molar-refractivity contribution in [3.05, 3.63) is 72.3 Å². The van der Waals surface area contributed by atoms with Crippen LogP contribution in [0.5, 0.6) is 11.5 Å². The molecule has 1 aliphatic rings. The van der Waals surface area contributed by atoms with Gasteiger partial charge in [0.1, 0.15) is 17.6 Å². The molecule has 0 bridgehead atoms. The van der Waals surface area contributed by atoms with Crippen LogP contribution in [0.1, 0.15) is 18.4 Å². The summed E-state index contributed by atoms with van der Waals surface area (Å²) in [7, 11) is -2.30. The number of benzene rings is 3. The average molecular weight is 468 g/mol. The van der Waals surface area contributed by atoms with Crippen LogP contribution in [0.15, 0.2) is 71.6 Å². The maximum absolute atomic E-state index is 13.7. The Kier molecular flexibility index (Phi) is 6.29. The molecule has 3 aromatic carbocycles. The lowest BCUT2D eigenvalue weighted by Crippen LogP contribution is -2.43. The number of carbonyl (C=O) groups is 1. The number of aliphatic carboxylic acids is 1. The Morgan fingerprint density at radius 3 is 2.48 bits per heavy atom. The molecule has 0 amide bonds. The van der Waals surface area contributed by atoms with E-state index < -0.39 is 22.1 Å². The van der Waals surface area contributed by atoms with Crippen LogP contribution in [0.25, 0.3) is 11.1 Å². The van der Waals surface area contributed by atoms with Crippen LogP contribution in [0.4, 0.5) is 5.69 Å². The second-order valence-corrected chi connectivity index (χ2v) is 9.80. The predicted molar refractivity (Wildman–Crippen MR) is 125 cm³/mol. The van der Waals surface area contributed by atoms with Crippen molar-refractivity contribution < 1.29 is 27.8 Å². The lowest BCUT2D eigenvalue weighted by atomic mass is 10.0. The Bertz CT molecular complexity index is 1270. The summed E-state index contributed by atoms with van der Waals surface area (Å²) in [5, 5.41) is 9.08. The van der Waals surface area contributed by atoms with Crippen molar-refractivity contribution in [1.29, 1.82) is 0 Å². The molecule has 0 saturated carbocycles. The first-order valence-electron chi connectivity index (χ1n) is 10.5. The molecule has 0 aromatic heterocycles. The SMILES string of the molecule is COc1ccc(-c2ccc3c(c2)N(S(=O)(=O)c2cccc(C)c2)C[C@H](CCC(=O)O)O3)cc1. The Hall–Kier alpha value is -3.52. The minimum absolute atomic E-state index is 0.0304. The van der Waals surface area contributed by atoms with Crippen molar-refractivity contribution in [2.75, 3.05) is 18.0 Å². The van der Waals surface area contributed by atoms with Crippen LogP contribution >= 0.6 is 0 Å². The van der Waals surface area contributed by atoms with E-state index in [1.54, 1.807) is 37.4 Å². The van der Waals surface area contributed by atoms with Gasteiger partial charge in [0, 0.05) is 6.42 Å². The molecule has 0 saturated heterocycles. The molecule has 0 radical (unpaired) electrons. The van der Waals surface area contributed by atoms with Gasteiger partial charge in [-0.05, 0) is 66.4 Å². The first kappa shape index (κ1) is 22.7. The van der Waals surface area contributed by atoms with E-state index in [4.69, 9.17) is 14.6 Å². The van der Waals surface area contributed by atoms with Crippen LogP contribution in [-0.2, 0) is 14.8 Å². The van der Waals surface area contributed by atoms with Gasteiger partial charge in [0.05, 0.1) is 24.2 Å². The minimum atomic E-state index is -3.89. The van der Waals surface area contributed by atoms with Crippen LogP contribution in [0.2, 0.25) is 0 Å². The molecule has 0 unspecified atom stereocenters. The molecule has 7 nitrogen and oxygen atoms in total. The maximum atomic E-state index is 13.7. The van der Waals surface area contributed by atoms with Gasteiger partial charge < -0.3 is 14.6 Å². The summed E-state index contributed by atoms with van der Waals surface area (Å²) in [6.07, 6.45) is -0.475. The third-order valence-electron chi connectivity index (χ3n) is 5.57. The number of carboxylic acids is 1. The number of fused-ring (bicyclic) bond motifs is 1. The normalized spacial score (nSPS) is 15.5. The molecule has 1 aliphatic heterocycles. The first-order chi connectivity index (χ1) is 15.8. The number of hydrogen-bond acceptors (Lipinski definition) is 5. The summed E-state index contributed by atoms with van der Waals surface area (Å²) in [4.78, 5) is 11.3. The van der Waals surface area contributed by atoms with Crippen molar-refractivity contribution in [3.8, 4) is 22.6 Å². The van der Waals surface area contributed by atoms with Crippen LogP contribution in [-0.4, -0.2) is 39.3 Å². The molecule has 1 heterocycles. The fourth-order valence-corrected chi connectivity index (χ4v) is 5.44. The number of ether oxygens (including phenoxy) is 2. The highest BCUT2D eigenvalue weighted by Gasteiger charge is 2.35. The van der Waals surface area contributed by atoms with Crippen LogP contribution < -0.4 is 13.8 Å². The Morgan fingerprint density at radius 2 is 1.82 bits per heavy atom. The van der Waals surface area contributed by atoms with E-state index >= 15 is 0 Å². The van der Waals surface area contributed by atoms with Crippen molar-refractivity contribution in [3.63, 3.8) is 0 Å². The van der Waals surface area contributed by atoms with Crippen molar-refractivity contribution in [1.82, 2.24) is 0 Å². The minimum Gasteiger partial charge on any atom is -0.497 e. The number of rotatable bonds is 7. The van der Waals surface area contributed by atoms with Gasteiger partial charge in [-0.2, -0.15) is 0 Å². The number of carboxylic acid groups (broad SMARTS) is 1. The summed E-state index contributed by atoms with van der Waals surface area (Å²) in [5.41, 5.74) is 2.99. The van der Waals surface area contributed by atoms with Crippen molar-refractivity contribution in [2.45, 2.75) is 30.8 Å². The number of anilines is 1. The van der Waals surface area contributed by atoms with Gasteiger partial charge in [0.15, 0.2) is 0 Å². The Labute approximate surface area is 193 Å². The van der Waals surface area contributed by atoms with Gasteiger partial charge in [-0.15, -0.1) is 0 Å². The molecule has 172 valence electrons. The molecule has 0 spiro atoms. The number of hydrogen-bond donors (Lipinski definition) is 1. The summed E-state index contributed by atoms with van der Waals surface area (Å²) in [6, 6.07) is 19.6. The van der Waals surface area contributed by atoms with E-state index in [0.717, 1.165) is 22.4 Å². The van der Waals surface area contributed by atoms with E-state index in [2.05, 4.69) is 0 Å². The molecule has 33 heavy (non-hydrogen) atoms. The quantitative estimate of drug-likeness (QED) is 0.550. The van der Waals surface area contributed by atoms with Crippen LogP contribution in [0, 0.1) is 6.92 Å². The topological polar surface area (TPSA) is 93.1 Å². The fourth-order valence-electron chi connectivity index (χ4n) is 3.84. The van der Waals surface area contributed by atoms with E-state index in [0.29, 0.717) is 11.4 Å². The molecule has 1 atom stereocenters. The van der Waals surface area contributed by atoms with Gasteiger partial charge in [-0.1, -0.05) is 30.3 Å². The molecular formula is C25H25NO6S. The van der Waals surface area contributed by atoms with Gasteiger partial charge in [-0.3, -0.25) is 9.10 Å². The molecule has 8 heteroatoms.